The second kappa shape index (κ2) is 8.93. The van der Waals surface area contributed by atoms with Gasteiger partial charge in [-0.25, -0.2) is 17.2 Å². The topological polar surface area (TPSA) is 101 Å². The van der Waals surface area contributed by atoms with E-state index >= 15 is 0 Å². The fraction of sp³-hybridized carbons (Fsp3) is 0.143. The lowest BCUT2D eigenvalue weighted by Crippen LogP contribution is -2.15. The number of aromatic nitrogens is 1. The van der Waals surface area contributed by atoms with E-state index in [-0.39, 0.29) is 17.0 Å². The van der Waals surface area contributed by atoms with Gasteiger partial charge in [-0.15, -0.1) is 0 Å². The van der Waals surface area contributed by atoms with Crippen LogP contribution in [0.2, 0.25) is 0 Å². The van der Waals surface area contributed by atoms with Gasteiger partial charge in [0, 0.05) is 11.5 Å². The zero-order valence-corrected chi connectivity index (χ0v) is 17.1. The summed E-state index contributed by atoms with van der Waals surface area (Å²) in [6, 6.07) is 14.6. The smallest absolute Gasteiger partial charge is 0.366 e. The molecule has 1 aromatic heterocycles. The molecule has 0 bridgehead atoms. The standard InChI is InChI=1S/C21H19NO7S/c1-27-21(24)14-17-16-10-6-7-11-18(16)22(19(17)12-13-20(23)29-28-2)30(25,26)15-8-4-3-5-9-15/h3-13H,14H2,1-2H3/b13-12+. The number of ether oxygens (including phenoxy) is 1. The minimum atomic E-state index is -4.05. The van der Waals surface area contributed by atoms with Crippen molar-refractivity contribution in [3.63, 3.8) is 0 Å². The van der Waals surface area contributed by atoms with Gasteiger partial charge >= 0.3 is 11.9 Å². The number of hydrogen-bond donors (Lipinski definition) is 0. The van der Waals surface area contributed by atoms with E-state index in [9.17, 15) is 18.0 Å². The molecule has 8 nitrogen and oxygen atoms in total. The summed E-state index contributed by atoms with van der Waals surface area (Å²) in [5.74, 6) is -1.39. The Balaban J connectivity index is 2.33. The molecule has 0 radical (unpaired) electrons. The summed E-state index contributed by atoms with van der Waals surface area (Å²) < 4.78 is 32.8. The van der Waals surface area contributed by atoms with Crippen LogP contribution < -0.4 is 0 Å². The van der Waals surface area contributed by atoms with E-state index in [1.54, 1.807) is 42.5 Å². The quantitative estimate of drug-likeness (QED) is 0.246. The van der Waals surface area contributed by atoms with Crippen molar-refractivity contribution in [2.75, 3.05) is 14.2 Å². The van der Waals surface area contributed by atoms with Gasteiger partial charge in [-0.05, 0) is 29.8 Å². The van der Waals surface area contributed by atoms with Gasteiger partial charge in [0.1, 0.15) is 0 Å². The van der Waals surface area contributed by atoms with Crippen molar-refractivity contribution in [1.82, 2.24) is 3.97 Å². The minimum absolute atomic E-state index is 0.0597. The van der Waals surface area contributed by atoms with E-state index in [0.717, 1.165) is 10.0 Å². The number of benzene rings is 2. The first-order valence-electron chi connectivity index (χ1n) is 8.82. The van der Waals surface area contributed by atoms with Crippen molar-refractivity contribution in [2.45, 2.75) is 11.3 Å². The summed E-state index contributed by atoms with van der Waals surface area (Å²) in [4.78, 5) is 32.6. The molecule has 0 aliphatic heterocycles. The number of esters is 1. The van der Waals surface area contributed by atoms with Crippen molar-refractivity contribution in [2.24, 2.45) is 0 Å². The maximum absolute atomic E-state index is 13.5. The first-order valence-corrected chi connectivity index (χ1v) is 10.3. The van der Waals surface area contributed by atoms with Gasteiger partial charge in [0.05, 0.1) is 36.7 Å². The van der Waals surface area contributed by atoms with Gasteiger partial charge in [0.15, 0.2) is 0 Å². The Morgan fingerprint density at radius 2 is 1.67 bits per heavy atom. The molecule has 0 fully saturated rings. The van der Waals surface area contributed by atoms with E-state index < -0.39 is 22.0 Å². The molecule has 0 aliphatic rings. The average molecular weight is 429 g/mol. The average Bonchev–Trinajstić information content (AvgIpc) is 3.07. The minimum Gasteiger partial charge on any atom is -0.469 e. The molecule has 0 spiro atoms. The van der Waals surface area contributed by atoms with Crippen molar-refractivity contribution < 1.29 is 32.5 Å². The van der Waals surface area contributed by atoms with Gasteiger partial charge < -0.3 is 4.74 Å². The van der Waals surface area contributed by atoms with Crippen LogP contribution in [0.3, 0.4) is 0 Å². The molecule has 0 N–H and O–H groups in total. The molecule has 0 amide bonds. The van der Waals surface area contributed by atoms with Crippen LogP contribution in [0, 0.1) is 0 Å². The third-order valence-electron chi connectivity index (χ3n) is 4.35. The molecule has 0 aliphatic carbocycles. The molecule has 0 saturated carbocycles. The SMILES string of the molecule is COOC(=O)/C=C/c1c(CC(=O)OC)c2ccccc2n1S(=O)(=O)c1ccccc1. The summed E-state index contributed by atoms with van der Waals surface area (Å²) in [6.45, 7) is 0. The third kappa shape index (κ3) is 4.12. The molecule has 0 atom stereocenters. The Labute approximate surface area is 173 Å². The highest BCUT2D eigenvalue weighted by molar-refractivity contribution is 7.90. The molecule has 0 saturated heterocycles. The number of hydrogen-bond acceptors (Lipinski definition) is 7. The normalized spacial score (nSPS) is 11.7. The fourth-order valence-corrected chi connectivity index (χ4v) is 4.64. The zero-order valence-electron chi connectivity index (χ0n) is 16.3. The van der Waals surface area contributed by atoms with Crippen LogP contribution in [0.4, 0.5) is 0 Å². The number of nitrogens with zero attached hydrogens (tertiary/aromatic N) is 1. The largest absolute Gasteiger partial charge is 0.469 e. The van der Waals surface area contributed by atoms with Crippen molar-refractivity contribution in [3.05, 3.63) is 71.9 Å². The maximum atomic E-state index is 13.5. The number of carbonyl (C=O) groups excluding carboxylic acids is 2. The van der Waals surface area contributed by atoms with E-state index in [1.807, 2.05) is 0 Å². The lowest BCUT2D eigenvalue weighted by atomic mass is 10.1. The van der Waals surface area contributed by atoms with Gasteiger partial charge in [0.2, 0.25) is 0 Å². The van der Waals surface area contributed by atoms with E-state index in [2.05, 4.69) is 9.78 Å². The van der Waals surface area contributed by atoms with Gasteiger partial charge in [-0.3, -0.25) is 9.68 Å². The first-order chi connectivity index (χ1) is 14.4. The Kier molecular flexibility index (Phi) is 6.34. The van der Waals surface area contributed by atoms with Crippen LogP contribution in [-0.4, -0.2) is 38.5 Å². The Bertz CT molecular complexity index is 1210. The van der Waals surface area contributed by atoms with E-state index in [4.69, 9.17) is 4.74 Å². The molecular formula is C21H19NO7S. The van der Waals surface area contributed by atoms with Crippen molar-refractivity contribution in [1.29, 1.82) is 0 Å². The van der Waals surface area contributed by atoms with Gasteiger partial charge in [-0.2, -0.15) is 4.89 Å². The number of methoxy groups -OCH3 is 1. The van der Waals surface area contributed by atoms with Crippen molar-refractivity contribution in [3.8, 4) is 0 Å². The van der Waals surface area contributed by atoms with Crippen LogP contribution in [0.1, 0.15) is 11.3 Å². The summed E-state index contributed by atoms with van der Waals surface area (Å²) in [6.07, 6.45) is 2.11. The number of rotatable bonds is 7. The first kappa shape index (κ1) is 21.3. The highest BCUT2D eigenvalue weighted by Gasteiger charge is 2.26. The summed E-state index contributed by atoms with van der Waals surface area (Å²) in [5, 5.41) is 0.544. The number of para-hydroxylation sites is 1. The van der Waals surface area contributed by atoms with Crippen LogP contribution in [0.15, 0.2) is 65.6 Å². The lowest BCUT2D eigenvalue weighted by Gasteiger charge is -2.11. The molecule has 3 aromatic rings. The Morgan fingerprint density at radius 3 is 2.33 bits per heavy atom. The van der Waals surface area contributed by atoms with E-state index in [0.29, 0.717) is 16.5 Å². The zero-order chi connectivity index (χ0) is 21.7. The Hall–Kier alpha value is -3.43. The monoisotopic (exact) mass is 429 g/mol. The molecule has 2 aromatic carbocycles. The van der Waals surface area contributed by atoms with Crippen LogP contribution >= 0.6 is 0 Å². The fourth-order valence-electron chi connectivity index (χ4n) is 3.08. The lowest BCUT2D eigenvalue weighted by molar-refractivity contribution is -0.249. The predicted molar refractivity (Wildman–Crippen MR) is 109 cm³/mol. The molecule has 1 heterocycles. The molecule has 156 valence electrons. The van der Waals surface area contributed by atoms with E-state index in [1.165, 1.54) is 32.4 Å². The second-order valence-corrected chi connectivity index (χ2v) is 7.91. The van der Waals surface area contributed by atoms with Gasteiger partial charge in [-0.1, -0.05) is 36.4 Å². The van der Waals surface area contributed by atoms with Crippen LogP contribution in [-0.2, 0) is 40.5 Å². The van der Waals surface area contributed by atoms with Crippen LogP contribution in [0.5, 0.6) is 0 Å². The number of fused-ring (bicyclic) bond motifs is 1. The summed E-state index contributed by atoms with van der Waals surface area (Å²) >= 11 is 0. The van der Waals surface area contributed by atoms with Gasteiger partial charge in [0.25, 0.3) is 10.0 Å². The second-order valence-electron chi connectivity index (χ2n) is 6.12. The molecule has 0 unspecified atom stereocenters. The summed E-state index contributed by atoms with van der Waals surface area (Å²) in [7, 11) is -1.63. The van der Waals surface area contributed by atoms with Crippen molar-refractivity contribution >= 4 is 38.9 Å². The molecule has 9 heteroatoms. The third-order valence-corrected chi connectivity index (χ3v) is 6.09. The Morgan fingerprint density at radius 1 is 1.00 bits per heavy atom. The molecule has 30 heavy (non-hydrogen) atoms. The summed E-state index contributed by atoms with van der Waals surface area (Å²) in [5.41, 5.74) is 0.900. The predicted octanol–water partition coefficient (Wildman–Crippen LogP) is 2.71. The molecular weight excluding hydrogens is 410 g/mol. The highest BCUT2D eigenvalue weighted by atomic mass is 32.2. The maximum Gasteiger partial charge on any atom is 0.366 e. The number of carbonyl (C=O) groups is 2. The highest BCUT2D eigenvalue weighted by Crippen LogP contribution is 2.32. The van der Waals surface area contributed by atoms with Crippen LogP contribution in [0.25, 0.3) is 17.0 Å². The molecule has 3 rings (SSSR count).